The van der Waals surface area contributed by atoms with Crippen LogP contribution >= 0.6 is 0 Å². The summed E-state index contributed by atoms with van der Waals surface area (Å²) in [5, 5.41) is 0. The van der Waals surface area contributed by atoms with Crippen LogP contribution in [0.5, 0.6) is 0 Å². The van der Waals surface area contributed by atoms with E-state index in [-0.39, 0.29) is 0 Å². The van der Waals surface area contributed by atoms with Gasteiger partial charge in [0.05, 0.1) is 0 Å². The van der Waals surface area contributed by atoms with Crippen LogP contribution in [-0.2, 0) is 16.8 Å². The van der Waals surface area contributed by atoms with Gasteiger partial charge in [0.2, 0.25) is 8.32 Å². The second-order valence-electron chi connectivity index (χ2n) is 6.62. The van der Waals surface area contributed by atoms with Gasteiger partial charge in [-0.3, -0.25) is 0 Å². The van der Waals surface area contributed by atoms with Gasteiger partial charge < -0.3 is 16.8 Å². The fraction of sp³-hybridized carbons (Fsp3) is 0.692. The molecule has 1 unspecified atom stereocenters. The van der Waals surface area contributed by atoms with Crippen LogP contribution in [0.1, 0.15) is 6.92 Å². The van der Waals surface area contributed by atoms with E-state index in [9.17, 15) is 0 Å². The van der Waals surface area contributed by atoms with Crippen LogP contribution in [0.4, 0.5) is 0 Å². The van der Waals surface area contributed by atoms with Gasteiger partial charge in [-0.15, -0.1) is 13.2 Å². The van der Waals surface area contributed by atoms with Crippen molar-refractivity contribution in [2.75, 3.05) is 6.61 Å². The third-order valence-corrected chi connectivity index (χ3v) is 16.7. The van der Waals surface area contributed by atoms with Crippen LogP contribution in [0.15, 0.2) is 24.6 Å². The van der Waals surface area contributed by atoms with Crippen molar-refractivity contribution in [2.45, 2.75) is 52.8 Å². The predicted molar refractivity (Wildman–Crippen MR) is 99.3 cm³/mol. The maximum atomic E-state index is 6.33. The molecule has 0 aromatic rings. The zero-order valence-corrected chi connectivity index (χ0v) is 18.9. The van der Waals surface area contributed by atoms with Crippen molar-refractivity contribution in [1.82, 2.24) is 0 Å². The molecule has 0 bridgehead atoms. The fourth-order valence-corrected chi connectivity index (χ4v) is 17.2. The van der Waals surface area contributed by atoms with Crippen LogP contribution in [0.25, 0.3) is 0 Å². The van der Waals surface area contributed by atoms with E-state index >= 15 is 0 Å². The minimum Gasteiger partial charge on any atom is -0.433 e. The topological polar surface area (TPSA) is 36.9 Å². The largest absolute Gasteiger partial charge is 0.478 e. The van der Waals surface area contributed by atoms with Crippen molar-refractivity contribution < 1.29 is 16.8 Å². The molecule has 8 heteroatoms. The van der Waals surface area contributed by atoms with Gasteiger partial charge in [0.15, 0.2) is 8.32 Å². The number of rotatable bonds is 10. The summed E-state index contributed by atoms with van der Waals surface area (Å²) in [5.41, 5.74) is 3.83. The smallest absolute Gasteiger partial charge is 0.433 e. The Morgan fingerprint density at radius 2 is 1.19 bits per heavy atom. The van der Waals surface area contributed by atoms with Gasteiger partial charge in [-0.2, -0.15) is 0 Å². The standard InChI is InChI=1S/C13H32O4Si4/c1-11-14-21(10,16-19(6,7)13-3)17-20(8,9)15-18(4,5)12-2/h12-13H,2-3,11H2,1,4-10H3. The monoisotopic (exact) mass is 364 g/mol. The summed E-state index contributed by atoms with van der Waals surface area (Å²) in [6.07, 6.45) is 0. The average molecular weight is 365 g/mol. The first-order valence-electron chi connectivity index (χ1n) is 7.32. The zero-order chi connectivity index (χ0) is 16.9. The second kappa shape index (κ2) is 7.64. The Morgan fingerprint density at radius 3 is 1.57 bits per heavy atom. The third-order valence-electron chi connectivity index (χ3n) is 2.78. The maximum absolute atomic E-state index is 6.33. The molecule has 0 aromatic heterocycles. The summed E-state index contributed by atoms with van der Waals surface area (Å²) in [6.45, 7) is 24.7. The highest BCUT2D eigenvalue weighted by molar-refractivity contribution is 6.90. The Balaban J connectivity index is 5.13. The summed E-state index contributed by atoms with van der Waals surface area (Å²) < 4.78 is 24.7. The van der Waals surface area contributed by atoms with E-state index in [1.807, 2.05) is 38.0 Å². The molecule has 0 saturated heterocycles. The van der Waals surface area contributed by atoms with E-state index in [1.54, 1.807) is 0 Å². The lowest BCUT2D eigenvalue weighted by atomic mass is 10.9. The summed E-state index contributed by atoms with van der Waals surface area (Å²) in [7, 11) is -8.98. The molecule has 4 nitrogen and oxygen atoms in total. The van der Waals surface area contributed by atoms with E-state index in [1.165, 1.54) is 0 Å². The molecule has 0 aliphatic rings. The lowest BCUT2D eigenvalue weighted by molar-refractivity contribution is 0.165. The van der Waals surface area contributed by atoms with Gasteiger partial charge in [0.1, 0.15) is 0 Å². The van der Waals surface area contributed by atoms with E-state index in [2.05, 4.69) is 39.3 Å². The molecule has 0 N–H and O–H groups in total. The number of hydrogen-bond acceptors (Lipinski definition) is 4. The van der Waals surface area contributed by atoms with Gasteiger partial charge >= 0.3 is 17.4 Å². The molecule has 0 amide bonds. The second-order valence-corrected chi connectivity index (χ2v) is 21.1. The first-order chi connectivity index (χ1) is 9.30. The van der Waals surface area contributed by atoms with Gasteiger partial charge in [0, 0.05) is 13.2 Å². The van der Waals surface area contributed by atoms with Crippen LogP contribution in [0, 0.1) is 0 Å². The molecular formula is C13H32O4Si4. The van der Waals surface area contributed by atoms with Crippen molar-refractivity contribution in [1.29, 1.82) is 0 Å². The Morgan fingerprint density at radius 1 is 0.762 bits per heavy atom. The Bertz CT molecular complexity index is 371. The minimum atomic E-state index is -2.74. The molecule has 0 aromatic carbocycles. The molecule has 21 heavy (non-hydrogen) atoms. The Labute approximate surface area is 135 Å². The quantitative estimate of drug-likeness (QED) is 0.544. The summed E-state index contributed by atoms with van der Waals surface area (Å²) >= 11 is 0. The molecule has 0 fully saturated rings. The first kappa shape index (κ1) is 21.2. The van der Waals surface area contributed by atoms with Crippen molar-refractivity contribution in [2.24, 2.45) is 0 Å². The van der Waals surface area contributed by atoms with E-state index in [0.717, 1.165) is 0 Å². The minimum absolute atomic E-state index is 0.567. The van der Waals surface area contributed by atoms with Gasteiger partial charge in [-0.25, -0.2) is 0 Å². The highest BCUT2D eigenvalue weighted by atomic mass is 28.5. The summed E-state index contributed by atoms with van der Waals surface area (Å²) in [6, 6.07) is 0. The normalized spacial score (nSPS) is 16.4. The molecule has 0 radical (unpaired) electrons. The van der Waals surface area contributed by atoms with E-state index < -0.39 is 34.0 Å². The van der Waals surface area contributed by atoms with Gasteiger partial charge in [-0.05, 0) is 46.2 Å². The molecule has 0 aliphatic heterocycles. The summed E-state index contributed by atoms with van der Waals surface area (Å²) in [5.74, 6) is 0. The first-order valence-corrected chi connectivity index (χ1v) is 18.3. The lowest BCUT2D eigenvalue weighted by Crippen LogP contribution is -2.58. The third kappa shape index (κ3) is 8.40. The van der Waals surface area contributed by atoms with Crippen molar-refractivity contribution in [3.63, 3.8) is 0 Å². The highest BCUT2D eigenvalue weighted by Crippen LogP contribution is 2.25. The van der Waals surface area contributed by atoms with E-state index in [0.29, 0.717) is 6.61 Å². The molecule has 0 aliphatic carbocycles. The summed E-state index contributed by atoms with van der Waals surface area (Å²) in [4.78, 5) is 0. The van der Waals surface area contributed by atoms with Crippen LogP contribution < -0.4 is 0 Å². The molecule has 0 heterocycles. The Kier molecular flexibility index (Phi) is 7.71. The molecule has 124 valence electrons. The predicted octanol–water partition coefficient (Wildman–Crippen LogP) is 4.20. The molecular weight excluding hydrogens is 332 g/mol. The highest BCUT2D eigenvalue weighted by Gasteiger charge is 2.47. The van der Waals surface area contributed by atoms with Crippen molar-refractivity contribution >= 4 is 34.0 Å². The number of hydrogen-bond donors (Lipinski definition) is 0. The zero-order valence-electron chi connectivity index (χ0n) is 14.9. The average Bonchev–Trinajstić information content (AvgIpc) is 2.25. The van der Waals surface area contributed by atoms with Crippen molar-refractivity contribution in [3.05, 3.63) is 24.6 Å². The lowest BCUT2D eigenvalue weighted by Gasteiger charge is -2.40. The Hall–Kier alpha value is 0.188. The maximum Gasteiger partial charge on any atom is 0.478 e. The van der Waals surface area contributed by atoms with Crippen molar-refractivity contribution in [3.8, 4) is 0 Å². The van der Waals surface area contributed by atoms with Crippen LogP contribution in [0.3, 0.4) is 0 Å². The molecule has 1 atom stereocenters. The molecule has 0 rings (SSSR count). The molecule has 0 saturated carbocycles. The van der Waals surface area contributed by atoms with Gasteiger partial charge in [0.25, 0.3) is 0 Å². The molecule has 0 spiro atoms. The SMILES string of the molecule is C=C[Si](C)(C)O[Si](C)(C)O[Si](C)(OCC)O[Si](C)(C)C=C. The van der Waals surface area contributed by atoms with Crippen LogP contribution in [0.2, 0.25) is 45.8 Å². The van der Waals surface area contributed by atoms with Crippen LogP contribution in [-0.4, -0.2) is 40.6 Å². The van der Waals surface area contributed by atoms with E-state index in [4.69, 9.17) is 16.8 Å². The fourth-order valence-electron chi connectivity index (χ4n) is 2.00. The van der Waals surface area contributed by atoms with Gasteiger partial charge in [-0.1, -0.05) is 11.4 Å².